The van der Waals surface area contributed by atoms with Crippen LogP contribution in [0.15, 0.2) is 279 Å². The quantitative estimate of drug-likeness (QED) is 0.107. The highest BCUT2D eigenvalue weighted by atomic mass is 15.1. The molecule has 0 unspecified atom stereocenters. The molecule has 0 atom stereocenters. The van der Waals surface area contributed by atoms with Gasteiger partial charge in [-0.1, -0.05) is 206 Å². The number of anilines is 6. The third kappa shape index (κ3) is 9.45. The molecule has 0 aromatic heterocycles. The molecule has 10 aromatic rings. The van der Waals surface area contributed by atoms with Gasteiger partial charge < -0.3 is 9.80 Å². The second kappa shape index (κ2) is 19.8. The lowest BCUT2D eigenvalue weighted by Crippen LogP contribution is -2.10. The summed E-state index contributed by atoms with van der Waals surface area (Å²) in [4.78, 5) is 4.64. The molecule has 0 aliphatic rings. The summed E-state index contributed by atoms with van der Waals surface area (Å²) in [5.41, 5.74) is 18.3. The minimum absolute atomic E-state index is 1.09. The van der Waals surface area contributed by atoms with Gasteiger partial charge in [0, 0.05) is 34.1 Å². The van der Waals surface area contributed by atoms with Gasteiger partial charge in [0.25, 0.3) is 0 Å². The normalized spacial score (nSPS) is 10.7. The van der Waals surface area contributed by atoms with Crippen LogP contribution in [0.4, 0.5) is 34.1 Å². The minimum Gasteiger partial charge on any atom is -0.311 e. The van der Waals surface area contributed by atoms with Crippen molar-refractivity contribution in [2.24, 2.45) is 0 Å². The number of nitrogens with zero attached hydrogens (tertiary/aromatic N) is 2. The number of hydrogen-bond acceptors (Lipinski definition) is 2. The highest BCUT2D eigenvalue weighted by Crippen LogP contribution is 2.39. The summed E-state index contributed by atoms with van der Waals surface area (Å²) in [5, 5.41) is 0. The van der Waals surface area contributed by atoms with Crippen molar-refractivity contribution in [3.63, 3.8) is 0 Å². The van der Waals surface area contributed by atoms with E-state index in [0.29, 0.717) is 0 Å². The van der Waals surface area contributed by atoms with Gasteiger partial charge in [-0.15, -0.1) is 0 Å². The van der Waals surface area contributed by atoms with Crippen LogP contribution in [0.25, 0.3) is 34.4 Å². The minimum atomic E-state index is 1.09. The van der Waals surface area contributed by atoms with E-state index in [1.54, 1.807) is 0 Å². The van der Waals surface area contributed by atoms with Crippen LogP contribution in [0, 0.1) is 0 Å². The third-order valence-corrected chi connectivity index (χ3v) is 11.9. The molecule has 66 heavy (non-hydrogen) atoms. The fraction of sp³-hybridized carbons (Fsp3) is 0. The maximum Gasteiger partial charge on any atom is 0.0462 e. The van der Waals surface area contributed by atoms with Crippen molar-refractivity contribution >= 4 is 57.4 Å². The van der Waals surface area contributed by atoms with Gasteiger partial charge in [0.15, 0.2) is 0 Å². The average Bonchev–Trinajstić information content (AvgIpc) is 3.40. The van der Waals surface area contributed by atoms with Gasteiger partial charge in [-0.25, -0.2) is 0 Å². The Morgan fingerprint density at radius 1 is 0.212 bits per heavy atom. The van der Waals surface area contributed by atoms with Crippen molar-refractivity contribution in [1.29, 1.82) is 0 Å². The first kappa shape index (κ1) is 41.3. The van der Waals surface area contributed by atoms with E-state index in [4.69, 9.17) is 0 Å². The molecule has 0 radical (unpaired) electrons. The van der Waals surface area contributed by atoms with E-state index in [-0.39, 0.29) is 0 Å². The molecule has 0 bridgehead atoms. The van der Waals surface area contributed by atoms with Gasteiger partial charge >= 0.3 is 0 Å². The molecule has 0 heterocycles. The lowest BCUT2D eigenvalue weighted by molar-refractivity contribution is 1.28. The van der Waals surface area contributed by atoms with Gasteiger partial charge in [-0.3, -0.25) is 0 Å². The van der Waals surface area contributed by atoms with Crippen molar-refractivity contribution in [3.8, 4) is 11.1 Å². The number of rotatable bonds is 13. The second-order valence-corrected chi connectivity index (χ2v) is 16.2. The molecular weight excluding hydrogens is 797 g/mol. The van der Waals surface area contributed by atoms with Crippen LogP contribution in [0.3, 0.4) is 0 Å². The predicted molar refractivity (Wildman–Crippen MR) is 281 cm³/mol. The van der Waals surface area contributed by atoms with E-state index >= 15 is 0 Å². The second-order valence-electron chi connectivity index (χ2n) is 16.2. The summed E-state index contributed by atoms with van der Waals surface area (Å²) >= 11 is 0. The Bertz CT molecular complexity index is 2840. The highest BCUT2D eigenvalue weighted by molar-refractivity contribution is 5.93. The third-order valence-electron chi connectivity index (χ3n) is 11.9. The van der Waals surface area contributed by atoms with Crippen molar-refractivity contribution in [2.45, 2.75) is 0 Å². The molecule has 0 aliphatic carbocycles. The van der Waals surface area contributed by atoms with Crippen molar-refractivity contribution in [2.75, 3.05) is 9.80 Å². The van der Waals surface area contributed by atoms with Gasteiger partial charge in [-0.05, 0) is 141 Å². The van der Waals surface area contributed by atoms with Crippen LogP contribution >= 0.6 is 0 Å². The van der Waals surface area contributed by atoms with Crippen LogP contribution in [0.5, 0.6) is 0 Å². The Morgan fingerprint density at radius 3 is 0.682 bits per heavy atom. The van der Waals surface area contributed by atoms with E-state index in [1.807, 2.05) is 0 Å². The molecule has 0 spiro atoms. The molecule has 0 N–H and O–H groups in total. The zero-order valence-electron chi connectivity index (χ0n) is 36.6. The zero-order valence-corrected chi connectivity index (χ0v) is 36.6. The Balaban J connectivity index is 0.919. The number of benzene rings is 10. The molecule has 314 valence electrons. The lowest BCUT2D eigenvalue weighted by atomic mass is 9.95. The summed E-state index contributed by atoms with van der Waals surface area (Å²) < 4.78 is 0. The number of para-hydroxylation sites is 2. The first-order chi connectivity index (χ1) is 32.7. The Morgan fingerprint density at radius 2 is 0.424 bits per heavy atom. The molecule has 0 fully saturated rings. The Kier molecular flexibility index (Phi) is 12.4. The summed E-state index contributed by atoms with van der Waals surface area (Å²) in [5.74, 6) is 0. The van der Waals surface area contributed by atoms with Crippen molar-refractivity contribution in [3.05, 3.63) is 312 Å². The monoisotopic (exact) mass is 844 g/mol. The predicted octanol–water partition coefficient (Wildman–Crippen LogP) is 17.5. The van der Waals surface area contributed by atoms with Crippen molar-refractivity contribution in [1.82, 2.24) is 0 Å². The molecule has 0 aliphatic heterocycles. The molecular formula is C64H48N2. The molecule has 10 aromatic carbocycles. The average molecular weight is 845 g/mol. The molecule has 2 heteroatoms. The zero-order chi connectivity index (χ0) is 44.3. The molecule has 10 rings (SSSR count). The van der Waals surface area contributed by atoms with E-state index in [0.717, 1.165) is 56.4 Å². The molecule has 2 nitrogen and oxygen atoms in total. The molecule has 0 saturated heterocycles. The standard InChI is InChI=1S/C64H48N2/c1-7-19-53(20-8-1)63(54-21-9-2-10-22-54)47-49-31-39-59(40-32-49)65(57-27-15-5-16-28-57)61-43-35-51(36-44-61)52-37-45-62(46-38-52)66(58-29-17-6-18-30-58)60-41-33-50(34-42-60)48-64(55-23-11-3-12-24-55)56-25-13-4-14-26-56/h1-48H. The summed E-state index contributed by atoms with van der Waals surface area (Å²) in [6.07, 6.45) is 4.56. The van der Waals surface area contributed by atoms with Gasteiger partial charge in [0.2, 0.25) is 0 Å². The van der Waals surface area contributed by atoms with Crippen LogP contribution in [-0.2, 0) is 0 Å². The highest BCUT2D eigenvalue weighted by Gasteiger charge is 2.16. The smallest absolute Gasteiger partial charge is 0.0462 e. The fourth-order valence-corrected chi connectivity index (χ4v) is 8.56. The largest absolute Gasteiger partial charge is 0.311 e. The van der Waals surface area contributed by atoms with Crippen LogP contribution in [0.1, 0.15) is 33.4 Å². The topological polar surface area (TPSA) is 6.48 Å². The molecule has 0 amide bonds. The van der Waals surface area contributed by atoms with E-state index in [2.05, 4.69) is 301 Å². The van der Waals surface area contributed by atoms with Crippen LogP contribution < -0.4 is 9.80 Å². The van der Waals surface area contributed by atoms with E-state index in [1.165, 1.54) is 33.4 Å². The van der Waals surface area contributed by atoms with Crippen molar-refractivity contribution < 1.29 is 0 Å². The maximum absolute atomic E-state index is 2.32. The first-order valence-corrected chi connectivity index (χ1v) is 22.5. The Hall–Kier alpha value is -8.72. The lowest BCUT2D eigenvalue weighted by Gasteiger charge is -2.26. The van der Waals surface area contributed by atoms with Gasteiger partial charge in [-0.2, -0.15) is 0 Å². The summed E-state index contributed by atoms with van der Waals surface area (Å²) in [6, 6.07) is 99.1. The summed E-state index contributed by atoms with van der Waals surface area (Å²) in [6.45, 7) is 0. The van der Waals surface area contributed by atoms with Gasteiger partial charge in [0.05, 0.1) is 0 Å². The number of hydrogen-bond donors (Lipinski definition) is 0. The summed E-state index contributed by atoms with van der Waals surface area (Å²) in [7, 11) is 0. The SMILES string of the molecule is C(=C(c1ccccc1)c1ccccc1)c1ccc(N(c2ccccc2)c2ccc(-c3ccc(N(c4ccccc4)c4ccc(C=C(c5ccccc5)c5ccccc5)cc4)cc3)cc2)cc1. The molecule has 0 saturated carbocycles. The van der Waals surface area contributed by atoms with E-state index in [9.17, 15) is 0 Å². The van der Waals surface area contributed by atoms with E-state index < -0.39 is 0 Å². The van der Waals surface area contributed by atoms with Crippen LogP contribution in [-0.4, -0.2) is 0 Å². The maximum atomic E-state index is 2.32. The van der Waals surface area contributed by atoms with Crippen LogP contribution in [0.2, 0.25) is 0 Å². The van der Waals surface area contributed by atoms with Gasteiger partial charge in [0.1, 0.15) is 0 Å². The fourth-order valence-electron chi connectivity index (χ4n) is 8.56. The Labute approximate surface area is 389 Å². The first-order valence-electron chi connectivity index (χ1n) is 22.5.